The van der Waals surface area contributed by atoms with Gasteiger partial charge in [-0.15, -0.1) is 0 Å². The largest absolute Gasteiger partial charge is 0.323 e. The van der Waals surface area contributed by atoms with Gasteiger partial charge in [-0.3, -0.25) is 20.4 Å². The zero-order valence-electron chi connectivity index (χ0n) is 12.6. The predicted molar refractivity (Wildman–Crippen MR) is 87.1 cm³/mol. The second-order valence-corrected chi connectivity index (χ2v) is 5.00. The van der Waals surface area contributed by atoms with Crippen LogP contribution >= 0.6 is 0 Å². The molecule has 0 saturated heterocycles. The van der Waals surface area contributed by atoms with Crippen LogP contribution in [0.3, 0.4) is 0 Å². The first-order valence-electron chi connectivity index (χ1n) is 7.24. The number of carbonyl (C=O) groups is 2. The summed E-state index contributed by atoms with van der Waals surface area (Å²) in [6.45, 7) is 0. The molecule has 6 heteroatoms. The van der Waals surface area contributed by atoms with Crippen molar-refractivity contribution >= 4 is 11.8 Å². The topological polar surface area (TPSA) is 63.1 Å². The van der Waals surface area contributed by atoms with Crippen molar-refractivity contribution in [3.63, 3.8) is 0 Å². The third-order valence-electron chi connectivity index (χ3n) is 3.44. The highest BCUT2D eigenvalue weighted by atomic mass is 19.1. The molecule has 2 aromatic carbocycles. The minimum Gasteiger partial charge on any atom is -0.323 e. The maximum Gasteiger partial charge on any atom is 0.272 e. The lowest BCUT2D eigenvalue weighted by molar-refractivity contribution is 0.0844. The van der Waals surface area contributed by atoms with Gasteiger partial charge in [-0.25, -0.2) is 4.39 Å². The molecule has 2 amide bonds. The Morgan fingerprint density at radius 1 is 0.750 bits per heavy atom. The standard InChI is InChI=1S/C18H14FN3O2/c19-15-9-3-1-7-13(15)17(23)20-21-18(24)14-8-2-4-10-16(14)22-11-5-6-12-22/h1-12H,(H,20,23)(H,21,24). The van der Waals surface area contributed by atoms with Crippen LogP contribution in [0.25, 0.3) is 5.69 Å². The highest BCUT2D eigenvalue weighted by molar-refractivity contribution is 6.01. The first-order chi connectivity index (χ1) is 11.7. The molecule has 0 aliphatic carbocycles. The molecule has 1 heterocycles. The van der Waals surface area contributed by atoms with E-state index in [9.17, 15) is 14.0 Å². The predicted octanol–water partition coefficient (Wildman–Crippen LogP) is 2.69. The van der Waals surface area contributed by atoms with Crippen LogP contribution in [-0.2, 0) is 0 Å². The van der Waals surface area contributed by atoms with Crippen LogP contribution in [0.5, 0.6) is 0 Å². The van der Waals surface area contributed by atoms with Crippen molar-refractivity contribution in [1.29, 1.82) is 0 Å². The lowest BCUT2D eigenvalue weighted by Gasteiger charge is -2.12. The summed E-state index contributed by atoms with van der Waals surface area (Å²) in [7, 11) is 0. The number of amides is 2. The van der Waals surface area contributed by atoms with Crippen molar-refractivity contribution in [2.45, 2.75) is 0 Å². The van der Waals surface area contributed by atoms with E-state index < -0.39 is 17.6 Å². The first-order valence-corrected chi connectivity index (χ1v) is 7.24. The molecule has 3 aromatic rings. The molecule has 0 unspecified atom stereocenters. The first kappa shape index (κ1) is 15.5. The Kier molecular flexibility index (Phi) is 4.38. The molecule has 0 aliphatic rings. The third kappa shape index (κ3) is 3.17. The van der Waals surface area contributed by atoms with Crippen molar-refractivity contribution in [3.05, 3.63) is 90.0 Å². The van der Waals surface area contributed by atoms with Crippen LogP contribution in [0.15, 0.2) is 73.1 Å². The summed E-state index contributed by atoms with van der Waals surface area (Å²) < 4.78 is 15.3. The van der Waals surface area contributed by atoms with Crippen molar-refractivity contribution in [2.24, 2.45) is 0 Å². The third-order valence-corrected chi connectivity index (χ3v) is 3.44. The van der Waals surface area contributed by atoms with E-state index in [1.54, 1.807) is 28.8 Å². The van der Waals surface area contributed by atoms with E-state index in [1.807, 2.05) is 30.6 Å². The van der Waals surface area contributed by atoms with E-state index in [1.165, 1.54) is 18.2 Å². The van der Waals surface area contributed by atoms with Gasteiger partial charge in [0.1, 0.15) is 5.82 Å². The van der Waals surface area contributed by atoms with E-state index in [4.69, 9.17) is 0 Å². The number of aromatic nitrogens is 1. The molecule has 0 radical (unpaired) electrons. The van der Waals surface area contributed by atoms with Crippen LogP contribution < -0.4 is 10.9 Å². The second-order valence-electron chi connectivity index (χ2n) is 5.00. The number of para-hydroxylation sites is 1. The molecule has 0 saturated carbocycles. The van der Waals surface area contributed by atoms with E-state index in [2.05, 4.69) is 10.9 Å². The molecule has 0 spiro atoms. The molecular formula is C18H14FN3O2. The smallest absolute Gasteiger partial charge is 0.272 e. The average Bonchev–Trinajstić information content (AvgIpc) is 3.14. The Bertz CT molecular complexity index is 875. The number of hydrogen-bond acceptors (Lipinski definition) is 2. The molecule has 0 bridgehead atoms. The van der Waals surface area contributed by atoms with E-state index in [0.29, 0.717) is 11.3 Å². The summed E-state index contributed by atoms with van der Waals surface area (Å²) in [5.74, 6) is -1.87. The monoisotopic (exact) mass is 323 g/mol. The van der Waals surface area contributed by atoms with Crippen molar-refractivity contribution in [3.8, 4) is 5.69 Å². The Balaban J connectivity index is 1.75. The van der Waals surface area contributed by atoms with Gasteiger partial charge in [-0.1, -0.05) is 24.3 Å². The minimum atomic E-state index is -0.722. The fourth-order valence-corrected chi connectivity index (χ4v) is 2.28. The average molecular weight is 323 g/mol. The molecular weight excluding hydrogens is 309 g/mol. The summed E-state index contributed by atoms with van der Waals surface area (Å²) >= 11 is 0. The molecule has 2 N–H and O–H groups in total. The Labute approximate surface area is 137 Å². The van der Waals surface area contributed by atoms with Crippen LogP contribution in [0.4, 0.5) is 4.39 Å². The highest BCUT2D eigenvalue weighted by Crippen LogP contribution is 2.14. The summed E-state index contributed by atoms with van der Waals surface area (Å²) in [4.78, 5) is 24.3. The number of nitrogens with one attached hydrogen (secondary N) is 2. The number of rotatable bonds is 3. The zero-order chi connectivity index (χ0) is 16.9. The number of hydrazine groups is 1. The molecule has 120 valence electrons. The van der Waals surface area contributed by atoms with Crippen LogP contribution in [0, 0.1) is 5.82 Å². The number of carbonyl (C=O) groups excluding carboxylic acids is 2. The fourth-order valence-electron chi connectivity index (χ4n) is 2.28. The van der Waals surface area contributed by atoms with Gasteiger partial charge in [0.2, 0.25) is 0 Å². The molecule has 5 nitrogen and oxygen atoms in total. The van der Waals surface area contributed by atoms with Crippen molar-refractivity contribution < 1.29 is 14.0 Å². The van der Waals surface area contributed by atoms with Crippen LogP contribution in [-0.4, -0.2) is 16.4 Å². The zero-order valence-corrected chi connectivity index (χ0v) is 12.6. The second kappa shape index (κ2) is 6.78. The minimum absolute atomic E-state index is 0.142. The SMILES string of the molecule is O=C(NNC(=O)c1ccccc1-n1cccc1)c1ccccc1F. The van der Waals surface area contributed by atoms with Crippen molar-refractivity contribution in [2.75, 3.05) is 0 Å². The Morgan fingerprint density at radius 3 is 1.96 bits per heavy atom. The van der Waals surface area contributed by atoms with Crippen LogP contribution in [0.2, 0.25) is 0 Å². The Morgan fingerprint density at radius 2 is 1.29 bits per heavy atom. The van der Waals surface area contributed by atoms with E-state index >= 15 is 0 Å². The number of benzene rings is 2. The van der Waals surface area contributed by atoms with Gasteiger partial charge in [-0.05, 0) is 36.4 Å². The molecule has 1 aromatic heterocycles. The molecule has 3 rings (SSSR count). The Hall–Kier alpha value is -3.41. The van der Waals surface area contributed by atoms with Gasteiger partial charge in [0.15, 0.2) is 0 Å². The quantitative estimate of drug-likeness (QED) is 0.728. The summed E-state index contributed by atoms with van der Waals surface area (Å²) in [5.41, 5.74) is 5.43. The highest BCUT2D eigenvalue weighted by Gasteiger charge is 2.15. The van der Waals surface area contributed by atoms with Crippen LogP contribution in [0.1, 0.15) is 20.7 Å². The van der Waals surface area contributed by atoms with Crippen molar-refractivity contribution in [1.82, 2.24) is 15.4 Å². The van der Waals surface area contributed by atoms with Gasteiger partial charge in [0, 0.05) is 12.4 Å². The number of hydrogen-bond donors (Lipinski definition) is 2. The number of nitrogens with zero attached hydrogens (tertiary/aromatic N) is 1. The summed E-state index contributed by atoms with van der Waals surface area (Å²) in [5, 5.41) is 0. The van der Waals surface area contributed by atoms with Gasteiger partial charge < -0.3 is 4.57 Å². The molecule has 0 atom stereocenters. The molecule has 24 heavy (non-hydrogen) atoms. The lowest BCUT2D eigenvalue weighted by Crippen LogP contribution is -2.42. The van der Waals surface area contributed by atoms with Gasteiger partial charge in [0.05, 0.1) is 16.8 Å². The fraction of sp³-hybridized carbons (Fsp3) is 0. The maximum atomic E-state index is 13.6. The lowest BCUT2D eigenvalue weighted by atomic mass is 10.1. The molecule has 0 fully saturated rings. The molecule has 0 aliphatic heterocycles. The van der Waals surface area contributed by atoms with Gasteiger partial charge >= 0.3 is 0 Å². The van der Waals surface area contributed by atoms with Gasteiger partial charge in [0.25, 0.3) is 11.8 Å². The van der Waals surface area contributed by atoms with E-state index in [0.717, 1.165) is 0 Å². The van der Waals surface area contributed by atoms with E-state index in [-0.39, 0.29) is 5.56 Å². The maximum absolute atomic E-state index is 13.6. The number of halogens is 1. The van der Waals surface area contributed by atoms with Gasteiger partial charge in [-0.2, -0.15) is 0 Å². The normalized spacial score (nSPS) is 10.2. The summed E-state index contributed by atoms with van der Waals surface area (Å²) in [6.07, 6.45) is 3.62. The summed E-state index contributed by atoms with van der Waals surface area (Å²) in [6, 6.07) is 16.2.